The molecule has 13 atom stereocenters. The van der Waals surface area contributed by atoms with Crippen LogP contribution in [0.4, 0.5) is 0 Å². The molecule has 1 aromatic rings. The average molecular weight is 1350 g/mol. The van der Waals surface area contributed by atoms with Crippen molar-refractivity contribution in [1.29, 1.82) is 0 Å². The van der Waals surface area contributed by atoms with Gasteiger partial charge in [0.05, 0.1) is 6.10 Å². The highest BCUT2D eigenvalue weighted by molar-refractivity contribution is 7.99. The molecule has 0 saturated carbocycles. The van der Waals surface area contributed by atoms with Gasteiger partial charge in [-0.2, -0.15) is 11.8 Å². The van der Waals surface area contributed by atoms with Gasteiger partial charge in [-0.1, -0.05) is 109 Å². The molecule has 0 radical (unpaired) electrons. The summed E-state index contributed by atoms with van der Waals surface area (Å²) in [6.07, 6.45) is 6.89. The molecule has 0 aromatic carbocycles. The minimum Gasteiger partial charge on any atom is -0.390 e. The number of nitrogens with one attached hydrogen (secondary N) is 4. The lowest BCUT2D eigenvalue weighted by Gasteiger charge is -2.41. The van der Waals surface area contributed by atoms with Crippen molar-refractivity contribution in [2.75, 3.05) is 60.8 Å². The summed E-state index contributed by atoms with van der Waals surface area (Å²) in [7, 11) is 10.1. The molecule has 0 aliphatic carbocycles. The van der Waals surface area contributed by atoms with Crippen molar-refractivity contribution in [2.24, 2.45) is 41.4 Å². The number of aryl methyl sites for hydroxylation is 1. The highest BCUT2D eigenvalue weighted by Crippen LogP contribution is 2.27. The molecule has 0 bridgehead atoms. The number of likely N-dealkylation sites (N-methyl/N-ethyl adjacent to an activating group) is 7. The summed E-state index contributed by atoms with van der Waals surface area (Å²) >= 11 is 1.40. The Bertz CT molecular complexity index is 2750. The lowest BCUT2D eigenvalue weighted by molar-refractivity contribution is -0.157. The van der Waals surface area contributed by atoms with Gasteiger partial charge >= 0.3 is 0 Å². The van der Waals surface area contributed by atoms with Crippen LogP contribution < -0.4 is 21.3 Å². The first-order valence-corrected chi connectivity index (χ1v) is 35.2. The van der Waals surface area contributed by atoms with Crippen molar-refractivity contribution in [1.82, 2.24) is 60.6 Å². The van der Waals surface area contributed by atoms with Crippen LogP contribution in [0, 0.1) is 41.4 Å². The fourth-order valence-corrected chi connectivity index (χ4v) is 13.1. The Morgan fingerprint density at radius 3 is 1.38 bits per heavy atom. The van der Waals surface area contributed by atoms with E-state index in [0.717, 1.165) is 10.5 Å². The van der Waals surface area contributed by atoms with E-state index in [2.05, 4.69) is 26.3 Å². The van der Waals surface area contributed by atoms with Crippen molar-refractivity contribution in [2.45, 2.75) is 235 Å². The molecule has 11 amide bonds. The van der Waals surface area contributed by atoms with Crippen LogP contribution in [0.15, 0.2) is 36.7 Å². The molecule has 0 unspecified atom stereocenters. The van der Waals surface area contributed by atoms with E-state index in [-0.39, 0.29) is 61.5 Å². The molecule has 1 saturated heterocycles. The van der Waals surface area contributed by atoms with E-state index >= 15 is 28.8 Å². The van der Waals surface area contributed by atoms with E-state index in [1.165, 1.54) is 104 Å². The van der Waals surface area contributed by atoms with E-state index in [4.69, 9.17) is 0 Å². The molecule has 538 valence electrons. The zero-order chi connectivity index (χ0) is 72.8. The molecule has 2 rings (SSSR count). The van der Waals surface area contributed by atoms with Gasteiger partial charge in [0, 0.05) is 67.5 Å². The number of carbonyl (C=O) groups excluding carboxylic acids is 11. The van der Waals surface area contributed by atoms with Crippen LogP contribution in [-0.2, 0) is 59.2 Å². The second-order valence-corrected chi connectivity index (χ2v) is 29.6. The van der Waals surface area contributed by atoms with E-state index in [0.29, 0.717) is 18.6 Å². The topological polar surface area (TPSA) is 292 Å². The number of rotatable bonds is 20. The molecular formula is C70H120N12O12S. The van der Waals surface area contributed by atoms with Gasteiger partial charge in [-0.15, -0.1) is 0 Å². The molecule has 1 aliphatic heterocycles. The standard InChI is InChI=1S/C70H120N12O12S/c1-25-27-28-46(15)59(83)58-63(87)74-50(26-2)65(89)80(22)55(39-95-34-31-49-29-32-71-33-30-49)68(92)76(18)52(36-41(5)6)62(86)75-56(44(11)12)69(93)77(19)51(35-40(3)4)61(85)72-47(16)60(84)73-48(17)64(88)78(20)53(37-42(7)8)66(90)79(21)54(38-43(9)10)67(91)81(23)57(45(13)14)70(94)82(58)24/h25,27,29-30,32-33,40-48,50-59,83H,26,28,31,34-39H2,1-24H3,(H,72,85)(H,73,84)(H,74,87)(H,75,86)/t46-,47-,48+,50-,51-,52+,53-,54-,55-,56-,57-,58-,59-/m1/s1. The summed E-state index contributed by atoms with van der Waals surface area (Å²) in [6.45, 7) is 30.0. The first-order chi connectivity index (χ1) is 44.2. The summed E-state index contributed by atoms with van der Waals surface area (Å²) in [4.78, 5) is 177. The van der Waals surface area contributed by atoms with Crippen LogP contribution in [0.1, 0.15) is 162 Å². The Labute approximate surface area is 572 Å². The predicted molar refractivity (Wildman–Crippen MR) is 373 cm³/mol. The molecular weight excluding hydrogens is 1230 g/mol. The van der Waals surface area contributed by atoms with Crippen LogP contribution in [-0.4, -0.2) is 243 Å². The summed E-state index contributed by atoms with van der Waals surface area (Å²) in [5.41, 5.74) is 0.993. The zero-order valence-electron chi connectivity index (χ0n) is 61.7. The maximum atomic E-state index is 15.4. The van der Waals surface area contributed by atoms with E-state index in [1.807, 2.05) is 80.5 Å². The molecule has 1 aromatic heterocycles. The van der Waals surface area contributed by atoms with Crippen LogP contribution >= 0.6 is 11.8 Å². The Hall–Kier alpha value is -6.63. The molecule has 95 heavy (non-hydrogen) atoms. The number of aromatic nitrogens is 1. The monoisotopic (exact) mass is 1350 g/mol. The third-order valence-corrected chi connectivity index (χ3v) is 19.0. The van der Waals surface area contributed by atoms with Crippen molar-refractivity contribution >= 4 is 76.7 Å². The Morgan fingerprint density at radius 1 is 0.484 bits per heavy atom. The van der Waals surface area contributed by atoms with Crippen LogP contribution in [0.25, 0.3) is 0 Å². The van der Waals surface area contributed by atoms with E-state index in [1.54, 1.807) is 60.0 Å². The van der Waals surface area contributed by atoms with Crippen molar-refractivity contribution in [3.63, 3.8) is 0 Å². The van der Waals surface area contributed by atoms with E-state index in [9.17, 15) is 29.1 Å². The molecule has 5 N–H and O–H groups in total. The third-order valence-electron chi connectivity index (χ3n) is 17.9. The van der Waals surface area contributed by atoms with Gasteiger partial charge in [0.25, 0.3) is 0 Å². The average Bonchev–Trinajstić information content (AvgIpc) is 0.814. The Kier molecular flexibility index (Phi) is 35.2. The normalized spacial score (nSPS) is 26.1. The van der Waals surface area contributed by atoms with Gasteiger partial charge in [-0.25, -0.2) is 0 Å². The maximum absolute atomic E-state index is 15.4. The number of aliphatic hydroxyl groups is 1. The van der Waals surface area contributed by atoms with Gasteiger partial charge in [0.1, 0.15) is 66.5 Å². The van der Waals surface area contributed by atoms with E-state index < -0.39 is 155 Å². The molecule has 2 heterocycles. The minimum absolute atomic E-state index is 0.00302. The summed E-state index contributed by atoms with van der Waals surface area (Å²) in [5, 5.41) is 23.5. The SMILES string of the molecule is CC=CC[C@@H](C)[C@@H](O)[C@@H]1C(=O)N[C@H](CC)C(=O)N(C)[C@H](CSCCc2ccncc2)C(=O)N(C)[C@@H](CC(C)C)C(=O)N[C@H](C(C)C)C(=O)N(C)[C@H](CC(C)C)C(=O)N[C@H](C)C(=O)N[C@@H](C)C(=O)N(C)[C@H](CC(C)C)C(=O)N(C)[C@H](CC(C)C)C(=O)N(C)[C@H](C(C)C)C(=O)N1C. The number of aliphatic hydroxyl groups excluding tert-OH is 1. The quantitative estimate of drug-likeness (QED) is 0.0848. The second kappa shape index (κ2) is 39.6. The molecule has 25 heteroatoms. The third kappa shape index (κ3) is 24.2. The maximum Gasteiger partial charge on any atom is 0.246 e. The first-order valence-electron chi connectivity index (χ1n) is 34.0. The summed E-state index contributed by atoms with van der Waals surface area (Å²) in [5.74, 6) is -9.30. The number of hydrogen-bond acceptors (Lipinski definition) is 14. The van der Waals surface area contributed by atoms with Gasteiger partial charge in [-0.05, 0) is 131 Å². The van der Waals surface area contributed by atoms with Crippen molar-refractivity contribution in [3.8, 4) is 0 Å². The molecule has 0 spiro atoms. The predicted octanol–water partition coefficient (Wildman–Crippen LogP) is 5.01. The second-order valence-electron chi connectivity index (χ2n) is 28.5. The zero-order valence-corrected chi connectivity index (χ0v) is 62.5. The van der Waals surface area contributed by atoms with Crippen molar-refractivity contribution in [3.05, 3.63) is 42.2 Å². The Balaban J connectivity index is 3.11. The largest absolute Gasteiger partial charge is 0.390 e. The number of hydrogen-bond donors (Lipinski definition) is 5. The lowest BCUT2D eigenvalue weighted by atomic mass is 9.91. The van der Waals surface area contributed by atoms with Gasteiger partial charge in [0.15, 0.2) is 0 Å². The van der Waals surface area contributed by atoms with Crippen LogP contribution in [0.3, 0.4) is 0 Å². The Morgan fingerprint density at radius 2 is 0.905 bits per heavy atom. The highest BCUT2D eigenvalue weighted by Gasteiger charge is 2.46. The van der Waals surface area contributed by atoms with Crippen LogP contribution in [0.5, 0.6) is 0 Å². The summed E-state index contributed by atoms with van der Waals surface area (Å²) < 4.78 is 0. The molecule has 1 aliphatic rings. The molecule has 1 fully saturated rings. The fourth-order valence-electron chi connectivity index (χ4n) is 11.9. The van der Waals surface area contributed by atoms with Crippen molar-refractivity contribution < 1.29 is 57.8 Å². The van der Waals surface area contributed by atoms with Gasteiger partial charge in [0.2, 0.25) is 65.0 Å². The summed E-state index contributed by atoms with van der Waals surface area (Å²) in [6, 6.07) is -10.1. The number of nitrogens with zero attached hydrogens (tertiary/aromatic N) is 8. The number of amides is 11. The van der Waals surface area contributed by atoms with Crippen LogP contribution in [0.2, 0.25) is 0 Å². The lowest BCUT2D eigenvalue weighted by Crippen LogP contribution is -2.64. The smallest absolute Gasteiger partial charge is 0.246 e. The number of carbonyl (C=O) groups is 11. The number of allylic oxidation sites excluding steroid dienone is 2. The minimum atomic E-state index is -1.64. The number of pyridine rings is 1. The van der Waals surface area contributed by atoms with Gasteiger partial charge < -0.3 is 60.7 Å². The fraction of sp³-hybridized carbons (Fsp3) is 0.743. The highest BCUT2D eigenvalue weighted by atomic mass is 32.2. The first kappa shape index (κ1) is 84.5. The van der Waals surface area contributed by atoms with Gasteiger partial charge in [-0.3, -0.25) is 57.7 Å². The molecule has 24 nitrogen and oxygen atoms in total. The number of thioether (sulfide) groups is 1.